The van der Waals surface area contributed by atoms with Crippen molar-refractivity contribution in [1.29, 1.82) is 0 Å². The third kappa shape index (κ3) is 3.65. The van der Waals surface area contributed by atoms with Crippen LogP contribution in [0, 0.1) is 11.3 Å². The summed E-state index contributed by atoms with van der Waals surface area (Å²) in [6, 6.07) is 0. The van der Waals surface area contributed by atoms with Crippen LogP contribution in [0.1, 0.15) is 82.8 Å². The minimum absolute atomic E-state index is 0.190. The number of aliphatic hydroxyl groups is 1. The lowest BCUT2D eigenvalue weighted by Gasteiger charge is -2.32. The topological polar surface area (TPSA) is 59.2 Å². The average Bonchev–Trinajstić information content (AvgIpc) is 2.90. The van der Waals surface area contributed by atoms with Crippen molar-refractivity contribution in [3.8, 4) is 0 Å². The molecule has 4 nitrogen and oxygen atoms in total. The number of aliphatic hydroxyl groups excluding tert-OH is 1. The largest absolute Gasteiger partial charge is 0.393 e. The molecular weight excluding hydrogens is 264 g/mol. The molecule has 0 spiro atoms. The summed E-state index contributed by atoms with van der Waals surface area (Å²) in [7, 11) is 0. The van der Waals surface area contributed by atoms with Crippen LogP contribution in [0.2, 0.25) is 0 Å². The van der Waals surface area contributed by atoms with E-state index in [2.05, 4.69) is 24.0 Å². The standard InChI is InChI=1S/C17H28N2O2/c1-17(2)9-7-12(8-10-17)16-18-15(21-19-16)11-13-5-3-4-6-14(13)20/h12-14,20H,3-11H2,1-2H3. The normalized spacial score (nSPS) is 30.4. The van der Waals surface area contributed by atoms with Crippen molar-refractivity contribution in [2.45, 2.75) is 83.7 Å². The van der Waals surface area contributed by atoms with Crippen molar-refractivity contribution < 1.29 is 9.63 Å². The van der Waals surface area contributed by atoms with Crippen LogP contribution in [0.25, 0.3) is 0 Å². The highest BCUT2D eigenvalue weighted by molar-refractivity contribution is 5.00. The number of hydrogen-bond acceptors (Lipinski definition) is 4. The van der Waals surface area contributed by atoms with Gasteiger partial charge in [-0.2, -0.15) is 4.98 Å². The summed E-state index contributed by atoms with van der Waals surface area (Å²) in [6.07, 6.45) is 9.71. The average molecular weight is 292 g/mol. The molecule has 1 aromatic rings. The summed E-state index contributed by atoms with van der Waals surface area (Å²) in [5.74, 6) is 2.38. The summed E-state index contributed by atoms with van der Waals surface area (Å²) < 4.78 is 5.45. The van der Waals surface area contributed by atoms with Gasteiger partial charge in [-0.3, -0.25) is 0 Å². The predicted molar refractivity (Wildman–Crippen MR) is 81.0 cm³/mol. The molecule has 2 unspecified atom stereocenters. The van der Waals surface area contributed by atoms with E-state index < -0.39 is 0 Å². The summed E-state index contributed by atoms with van der Waals surface area (Å²) in [5, 5.41) is 14.3. The van der Waals surface area contributed by atoms with E-state index in [0.29, 0.717) is 17.3 Å². The van der Waals surface area contributed by atoms with E-state index >= 15 is 0 Å². The van der Waals surface area contributed by atoms with Gasteiger partial charge in [-0.15, -0.1) is 0 Å². The molecular formula is C17H28N2O2. The van der Waals surface area contributed by atoms with E-state index in [1.54, 1.807) is 0 Å². The Morgan fingerprint density at radius 2 is 1.86 bits per heavy atom. The molecule has 1 heterocycles. The Morgan fingerprint density at radius 1 is 1.14 bits per heavy atom. The molecule has 0 amide bonds. The van der Waals surface area contributed by atoms with E-state index in [9.17, 15) is 5.11 Å². The van der Waals surface area contributed by atoms with Gasteiger partial charge in [0.2, 0.25) is 5.89 Å². The SMILES string of the molecule is CC1(C)CCC(c2noc(CC3CCCCC3O)n2)CC1. The fraction of sp³-hybridized carbons (Fsp3) is 0.882. The number of rotatable bonds is 3. The summed E-state index contributed by atoms with van der Waals surface area (Å²) in [6.45, 7) is 4.69. The summed E-state index contributed by atoms with van der Waals surface area (Å²) >= 11 is 0. The van der Waals surface area contributed by atoms with Crippen molar-refractivity contribution in [3.05, 3.63) is 11.7 Å². The molecule has 2 atom stereocenters. The van der Waals surface area contributed by atoms with E-state index in [4.69, 9.17) is 4.52 Å². The zero-order valence-corrected chi connectivity index (χ0v) is 13.3. The summed E-state index contributed by atoms with van der Waals surface area (Å²) in [5.41, 5.74) is 0.468. The lowest BCUT2D eigenvalue weighted by atomic mass is 9.73. The zero-order chi connectivity index (χ0) is 14.9. The first-order valence-corrected chi connectivity index (χ1v) is 8.54. The second-order valence-electron chi connectivity index (χ2n) is 7.80. The van der Waals surface area contributed by atoms with Crippen LogP contribution in [0.15, 0.2) is 4.52 Å². The van der Waals surface area contributed by atoms with Crippen LogP contribution >= 0.6 is 0 Å². The number of hydrogen-bond donors (Lipinski definition) is 1. The third-order valence-corrected chi connectivity index (χ3v) is 5.49. The maximum Gasteiger partial charge on any atom is 0.227 e. The molecule has 0 saturated heterocycles. The first kappa shape index (κ1) is 15.0. The monoisotopic (exact) mass is 292 g/mol. The molecule has 2 saturated carbocycles. The third-order valence-electron chi connectivity index (χ3n) is 5.49. The van der Waals surface area contributed by atoms with Crippen LogP contribution in [-0.2, 0) is 6.42 Å². The highest BCUT2D eigenvalue weighted by Gasteiger charge is 2.31. The lowest BCUT2D eigenvalue weighted by molar-refractivity contribution is 0.0657. The van der Waals surface area contributed by atoms with Gasteiger partial charge >= 0.3 is 0 Å². The number of aromatic nitrogens is 2. The van der Waals surface area contributed by atoms with E-state index in [0.717, 1.165) is 50.2 Å². The Bertz CT molecular complexity index is 459. The van der Waals surface area contributed by atoms with Crippen LogP contribution in [0.3, 0.4) is 0 Å². The zero-order valence-electron chi connectivity index (χ0n) is 13.3. The Balaban J connectivity index is 1.59. The lowest BCUT2D eigenvalue weighted by Crippen LogP contribution is -2.26. The second-order valence-corrected chi connectivity index (χ2v) is 7.80. The van der Waals surface area contributed by atoms with Crippen molar-refractivity contribution in [3.63, 3.8) is 0 Å². The predicted octanol–water partition coefficient (Wildman–Crippen LogP) is 3.85. The van der Waals surface area contributed by atoms with Gasteiger partial charge in [0, 0.05) is 12.3 Å². The van der Waals surface area contributed by atoms with Gasteiger partial charge in [0.25, 0.3) is 0 Å². The minimum atomic E-state index is -0.190. The van der Waals surface area contributed by atoms with Crippen molar-refractivity contribution in [1.82, 2.24) is 10.1 Å². The Hall–Kier alpha value is -0.900. The van der Waals surface area contributed by atoms with Crippen molar-refractivity contribution >= 4 is 0 Å². The fourth-order valence-electron chi connectivity index (χ4n) is 3.82. The van der Waals surface area contributed by atoms with E-state index in [-0.39, 0.29) is 6.10 Å². The van der Waals surface area contributed by atoms with Crippen LogP contribution in [0.4, 0.5) is 0 Å². The molecule has 21 heavy (non-hydrogen) atoms. The first-order valence-electron chi connectivity index (χ1n) is 8.54. The smallest absolute Gasteiger partial charge is 0.227 e. The molecule has 3 rings (SSSR count). The Kier molecular flexibility index (Phi) is 4.34. The quantitative estimate of drug-likeness (QED) is 0.919. The summed E-state index contributed by atoms with van der Waals surface area (Å²) in [4.78, 5) is 4.62. The minimum Gasteiger partial charge on any atom is -0.393 e. The van der Waals surface area contributed by atoms with E-state index in [1.807, 2.05) is 0 Å². The molecule has 118 valence electrons. The molecule has 0 aromatic carbocycles. The van der Waals surface area contributed by atoms with Gasteiger partial charge in [0.15, 0.2) is 5.82 Å². The molecule has 1 N–H and O–H groups in total. The van der Waals surface area contributed by atoms with Gasteiger partial charge in [-0.05, 0) is 49.9 Å². The Morgan fingerprint density at radius 3 is 2.57 bits per heavy atom. The van der Waals surface area contributed by atoms with Crippen molar-refractivity contribution in [2.24, 2.45) is 11.3 Å². The molecule has 0 aliphatic heterocycles. The molecule has 2 aliphatic rings. The van der Waals surface area contributed by atoms with Crippen LogP contribution in [0.5, 0.6) is 0 Å². The molecule has 4 heteroatoms. The molecule has 2 aliphatic carbocycles. The maximum absolute atomic E-state index is 10.1. The highest BCUT2D eigenvalue weighted by atomic mass is 16.5. The number of nitrogens with zero attached hydrogens (tertiary/aromatic N) is 2. The van der Waals surface area contributed by atoms with Gasteiger partial charge < -0.3 is 9.63 Å². The second kappa shape index (κ2) is 6.07. The van der Waals surface area contributed by atoms with Gasteiger partial charge in [0.05, 0.1) is 6.10 Å². The highest BCUT2D eigenvalue weighted by Crippen LogP contribution is 2.41. The van der Waals surface area contributed by atoms with Gasteiger partial charge in [0.1, 0.15) is 0 Å². The molecule has 0 radical (unpaired) electrons. The van der Waals surface area contributed by atoms with Crippen molar-refractivity contribution in [2.75, 3.05) is 0 Å². The van der Waals surface area contributed by atoms with Crippen LogP contribution < -0.4 is 0 Å². The Labute approximate surface area is 127 Å². The molecule has 0 bridgehead atoms. The molecule has 2 fully saturated rings. The van der Waals surface area contributed by atoms with Gasteiger partial charge in [-0.1, -0.05) is 31.8 Å². The fourth-order valence-corrected chi connectivity index (χ4v) is 3.82. The van der Waals surface area contributed by atoms with E-state index in [1.165, 1.54) is 19.3 Å². The molecule has 1 aromatic heterocycles. The maximum atomic E-state index is 10.1. The van der Waals surface area contributed by atoms with Crippen LogP contribution in [-0.4, -0.2) is 21.4 Å². The van der Waals surface area contributed by atoms with Gasteiger partial charge in [-0.25, -0.2) is 0 Å². The first-order chi connectivity index (χ1) is 10.0.